The zero-order chi connectivity index (χ0) is 13.5. The van der Waals surface area contributed by atoms with Crippen molar-refractivity contribution in [1.82, 2.24) is 0 Å². The van der Waals surface area contributed by atoms with Gasteiger partial charge in [0, 0.05) is 5.02 Å². The summed E-state index contributed by atoms with van der Waals surface area (Å²) >= 11 is 6.23. The molecule has 0 radical (unpaired) electrons. The molecular formula is C15H19ClO2. The lowest BCUT2D eigenvalue weighted by atomic mass is 9.60. The van der Waals surface area contributed by atoms with Gasteiger partial charge in [-0.25, -0.2) is 0 Å². The number of rotatable bonds is 1. The smallest absolute Gasteiger partial charge is 0.172 e. The minimum absolute atomic E-state index is 0.0167. The Hall–Kier alpha value is -0.860. The number of hydrogen-bond donors (Lipinski definition) is 1. The Bertz CT molecular complexity index is 471. The van der Waals surface area contributed by atoms with E-state index in [-0.39, 0.29) is 17.6 Å². The summed E-state index contributed by atoms with van der Waals surface area (Å²) < 4.78 is 0. The third-order valence-electron chi connectivity index (χ3n) is 4.46. The van der Waals surface area contributed by atoms with Crippen molar-refractivity contribution in [3.8, 4) is 0 Å². The molecule has 1 aromatic rings. The maximum Gasteiger partial charge on any atom is 0.172 e. The first-order valence-electron chi connectivity index (χ1n) is 6.36. The van der Waals surface area contributed by atoms with Crippen molar-refractivity contribution in [2.24, 2.45) is 11.8 Å². The van der Waals surface area contributed by atoms with Gasteiger partial charge in [-0.3, -0.25) is 4.79 Å². The zero-order valence-corrected chi connectivity index (χ0v) is 11.7. The monoisotopic (exact) mass is 266 g/mol. The van der Waals surface area contributed by atoms with Crippen LogP contribution >= 0.6 is 11.6 Å². The third kappa shape index (κ3) is 1.88. The van der Waals surface area contributed by atoms with Crippen LogP contribution in [0.5, 0.6) is 0 Å². The predicted molar refractivity (Wildman–Crippen MR) is 72.8 cm³/mol. The summed E-state index contributed by atoms with van der Waals surface area (Å²) in [5.74, 6) is 0.0770. The van der Waals surface area contributed by atoms with Crippen LogP contribution in [0.15, 0.2) is 24.3 Å². The van der Waals surface area contributed by atoms with E-state index < -0.39 is 11.5 Å². The summed E-state index contributed by atoms with van der Waals surface area (Å²) in [6.07, 6.45) is -0.0586. The van der Waals surface area contributed by atoms with Gasteiger partial charge in [0.15, 0.2) is 5.78 Å². The molecule has 3 heteroatoms. The molecule has 98 valence electrons. The van der Waals surface area contributed by atoms with E-state index in [1.54, 1.807) is 6.07 Å². The lowest BCUT2D eigenvalue weighted by Gasteiger charge is -2.43. The van der Waals surface area contributed by atoms with Gasteiger partial charge < -0.3 is 5.11 Å². The molecule has 0 bridgehead atoms. The summed E-state index contributed by atoms with van der Waals surface area (Å²) in [7, 11) is 0. The lowest BCUT2D eigenvalue weighted by molar-refractivity contribution is -0.142. The van der Waals surface area contributed by atoms with Crippen molar-refractivity contribution >= 4 is 17.4 Å². The van der Waals surface area contributed by atoms with Crippen LogP contribution in [0.2, 0.25) is 5.02 Å². The number of halogens is 1. The van der Waals surface area contributed by atoms with Gasteiger partial charge in [0.05, 0.1) is 5.41 Å². The number of aliphatic hydroxyl groups excluding tert-OH is 1. The number of benzene rings is 1. The molecule has 1 N–H and O–H groups in total. The zero-order valence-electron chi connectivity index (χ0n) is 11.0. The van der Waals surface area contributed by atoms with Gasteiger partial charge in [-0.2, -0.15) is 0 Å². The average Bonchev–Trinajstić information content (AvgIpc) is 2.34. The summed E-state index contributed by atoms with van der Waals surface area (Å²) in [5, 5.41) is 10.7. The van der Waals surface area contributed by atoms with Crippen molar-refractivity contribution in [1.29, 1.82) is 0 Å². The number of Topliss-reactive ketones (excluding diaryl/α,β-unsaturated/α-hetero) is 1. The topological polar surface area (TPSA) is 37.3 Å². The Morgan fingerprint density at radius 3 is 2.56 bits per heavy atom. The van der Waals surface area contributed by atoms with Crippen LogP contribution in [0.3, 0.4) is 0 Å². The minimum Gasteiger partial charge on any atom is -0.385 e. The van der Waals surface area contributed by atoms with Crippen LogP contribution < -0.4 is 0 Å². The molecule has 0 spiro atoms. The van der Waals surface area contributed by atoms with E-state index in [9.17, 15) is 9.90 Å². The first-order chi connectivity index (χ1) is 8.39. The van der Waals surface area contributed by atoms with Crippen molar-refractivity contribution in [3.63, 3.8) is 0 Å². The fourth-order valence-corrected chi connectivity index (χ4v) is 3.34. The van der Waals surface area contributed by atoms with Crippen molar-refractivity contribution < 1.29 is 9.90 Å². The van der Waals surface area contributed by atoms with Gasteiger partial charge in [-0.1, -0.05) is 43.6 Å². The summed E-state index contributed by atoms with van der Waals surface area (Å²) in [5.41, 5.74) is 0.139. The number of ketones is 1. The van der Waals surface area contributed by atoms with E-state index in [0.29, 0.717) is 5.02 Å². The molecule has 0 heterocycles. The quantitative estimate of drug-likeness (QED) is 0.848. The summed E-state index contributed by atoms with van der Waals surface area (Å²) in [4.78, 5) is 12.5. The number of carbonyl (C=O) groups is 1. The maximum absolute atomic E-state index is 12.5. The predicted octanol–water partition coefficient (Wildman–Crippen LogP) is 3.20. The highest BCUT2D eigenvalue weighted by atomic mass is 35.5. The molecule has 0 aromatic heterocycles. The number of carbonyl (C=O) groups excluding carboxylic acids is 1. The number of aliphatic hydroxyl groups is 1. The highest BCUT2D eigenvalue weighted by Crippen LogP contribution is 2.45. The molecular weight excluding hydrogens is 248 g/mol. The Morgan fingerprint density at radius 2 is 1.94 bits per heavy atom. The first-order valence-corrected chi connectivity index (χ1v) is 6.74. The highest BCUT2D eigenvalue weighted by molar-refractivity contribution is 6.31. The van der Waals surface area contributed by atoms with E-state index in [2.05, 4.69) is 6.92 Å². The average molecular weight is 267 g/mol. The Kier molecular flexibility index (Phi) is 3.52. The van der Waals surface area contributed by atoms with Crippen molar-refractivity contribution in [3.05, 3.63) is 34.9 Å². The Labute approximate surface area is 113 Å². The van der Waals surface area contributed by atoms with Gasteiger partial charge in [0.2, 0.25) is 0 Å². The van der Waals surface area contributed by atoms with Crippen LogP contribution in [0.4, 0.5) is 0 Å². The molecule has 2 rings (SSSR count). The molecule has 0 saturated heterocycles. The molecule has 0 unspecified atom stereocenters. The van der Waals surface area contributed by atoms with Crippen molar-refractivity contribution in [2.75, 3.05) is 0 Å². The SMILES string of the molecule is C[C@@H]1C[C@H](C)[C@@H](O)C(=O)[C@]1(C)c1ccccc1Cl. The molecule has 18 heavy (non-hydrogen) atoms. The van der Waals surface area contributed by atoms with E-state index >= 15 is 0 Å². The fourth-order valence-electron chi connectivity index (χ4n) is 3.01. The molecule has 1 fully saturated rings. The molecule has 1 saturated carbocycles. The van der Waals surface area contributed by atoms with Gasteiger partial charge in [0.1, 0.15) is 6.10 Å². The highest BCUT2D eigenvalue weighted by Gasteiger charge is 2.49. The fraction of sp³-hybridized carbons (Fsp3) is 0.533. The second-order valence-corrected chi connectivity index (χ2v) is 6.01. The van der Waals surface area contributed by atoms with Crippen LogP contribution in [0.25, 0.3) is 0 Å². The van der Waals surface area contributed by atoms with Crippen molar-refractivity contribution in [2.45, 2.75) is 38.7 Å². The molecule has 1 aromatic carbocycles. The molecule has 2 nitrogen and oxygen atoms in total. The van der Waals surface area contributed by atoms with Gasteiger partial charge >= 0.3 is 0 Å². The normalized spacial score (nSPS) is 36.7. The summed E-state index contributed by atoms with van der Waals surface area (Å²) in [6, 6.07) is 7.43. The molecule has 1 aliphatic carbocycles. The van der Waals surface area contributed by atoms with Crippen LogP contribution in [0, 0.1) is 11.8 Å². The van der Waals surface area contributed by atoms with Gasteiger partial charge in [0.25, 0.3) is 0 Å². The molecule has 4 atom stereocenters. The van der Waals surface area contributed by atoms with Crippen LogP contribution in [-0.2, 0) is 10.2 Å². The minimum atomic E-state index is -0.887. The van der Waals surface area contributed by atoms with E-state index in [1.165, 1.54) is 0 Å². The Balaban J connectivity index is 2.52. The second-order valence-electron chi connectivity index (χ2n) is 5.61. The van der Waals surface area contributed by atoms with E-state index in [0.717, 1.165) is 12.0 Å². The van der Waals surface area contributed by atoms with Gasteiger partial charge in [-0.15, -0.1) is 0 Å². The summed E-state index contributed by atoms with van der Waals surface area (Å²) in [6.45, 7) is 5.88. The van der Waals surface area contributed by atoms with Gasteiger partial charge in [-0.05, 0) is 36.8 Å². The van der Waals surface area contributed by atoms with Crippen LogP contribution in [-0.4, -0.2) is 17.0 Å². The molecule has 0 aliphatic heterocycles. The van der Waals surface area contributed by atoms with E-state index in [4.69, 9.17) is 11.6 Å². The number of hydrogen-bond acceptors (Lipinski definition) is 2. The standard InChI is InChI=1S/C15H19ClO2/c1-9-8-10(2)15(3,14(18)13(9)17)11-6-4-5-7-12(11)16/h4-7,9-10,13,17H,8H2,1-3H3/t9-,10+,13+,15-/m0/s1. The largest absolute Gasteiger partial charge is 0.385 e. The van der Waals surface area contributed by atoms with Crippen LogP contribution in [0.1, 0.15) is 32.8 Å². The van der Waals surface area contributed by atoms with E-state index in [1.807, 2.05) is 32.0 Å². The Morgan fingerprint density at radius 1 is 1.33 bits per heavy atom. The maximum atomic E-state index is 12.5. The second kappa shape index (κ2) is 4.67. The molecule has 1 aliphatic rings. The lowest BCUT2D eigenvalue weighted by Crippen LogP contribution is -2.52. The third-order valence-corrected chi connectivity index (χ3v) is 4.79. The molecule has 0 amide bonds. The first kappa shape index (κ1) is 13.6.